The summed E-state index contributed by atoms with van der Waals surface area (Å²) in [6.07, 6.45) is 6.45. The molecular formula is C11H22N2O2S. The van der Waals surface area contributed by atoms with E-state index in [9.17, 15) is 8.42 Å². The zero-order valence-corrected chi connectivity index (χ0v) is 10.9. The number of nitrogens with zero attached hydrogens (tertiary/aromatic N) is 1. The Morgan fingerprint density at radius 3 is 2.62 bits per heavy atom. The molecule has 94 valence electrons. The van der Waals surface area contributed by atoms with Gasteiger partial charge in [0.05, 0.1) is 5.75 Å². The number of nitrogens with one attached hydrogen (secondary N) is 1. The maximum atomic E-state index is 11.1. The van der Waals surface area contributed by atoms with E-state index in [1.54, 1.807) is 0 Å². The van der Waals surface area contributed by atoms with Gasteiger partial charge >= 0.3 is 0 Å². The largest absolute Gasteiger partial charge is 0.309 e. The molecule has 0 radical (unpaired) electrons. The van der Waals surface area contributed by atoms with E-state index in [0.29, 0.717) is 17.8 Å². The highest BCUT2D eigenvalue weighted by Crippen LogP contribution is 2.31. The van der Waals surface area contributed by atoms with Crippen molar-refractivity contribution >= 4 is 9.84 Å². The maximum absolute atomic E-state index is 11.1. The predicted octanol–water partition coefficient (Wildman–Crippen LogP) is 0.249. The Balaban J connectivity index is 1.87. The van der Waals surface area contributed by atoms with Gasteiger partial charge in [-0.05, 0) is 12.8 Å². The van der Waals surface area contributed by atoms with Gasteiger partial charge in [-0.2, -0.15) is 0 Å². The molecule has 1 aliphatic carbocycles. The van der Waals surface area contributed by atoms with Crippen LogP contribution >= 0.6 is 0 Å². The molecule has 0 unspecified atom stereocenters. The lowest BCUT2D eigenvalue weighted by Gasteiger charge is -2.41. The highest BCUT2D eigenvalue weighted by Gasteiger charge is 2.37. The fraction of sp³-hybridized carbons (Fsp3) is 1.00. The second-order valence-corrected chi connectivity index (χ2v) is 7.58. The smallest absolute Gasteiger partial charge is 0.148 e. The average Bonchev–Trinajstić information content (AvgIpc) is 2.63. The molecule has 2 rings (SSSR count). The van der Waals surface area contributed by atoms with Crippen molar-refractivity contribution in [2.24, 2.45) is 0 Å². The van der Waals surface area contributed by atoms with Gasteiger partial charge in [-0.1, -0.05) is 12.8 Å². The van der Waals surface area contributed by atoms with Gasteiger partial charge in [0.15, 0.2) is 0 Å². The van der Waals surface area contributed by atoms with E-state index in [2.05, 4.69) is 10.2 Å². The van der Waals surface area contributed by atoms with Crippen molar-refractivity contribution in [3.63, 3.8) is 0 Å². The first-order valence-electron chi connectivity index (χ1n) is 6.14. The molecule has 0 atom stereocenters. The van der Waals surface area contributed by atoms with Gasteiger partial charge < -0.3 is 5.32 Å². The number of hydrogen-bond donors (Lipinski definition) is 1. The Morgan fingerprint density at radius 1 is 1.31 bits per heavy atom. The minimum Gasteiger partial charge on any atom is -0.309 e. The quantitative estimate of drug-likeness (QED) is 0.775. The van der Waals surface area contributed by atoms with E-state index < -0.39 is 9.84 Å². The van der Waals surface area contributed by atoms with Crippen molar-refractivity contribution in [3.8, 4) is 0 Å². The number of rotatable bonds is 3. The van der Waals surface area contributed by atoms with Gasteiger partial charge in [-0.3, -0.25) is 4.90 Å². The predicted molar refractivity (Wildman–Crippen MR) is 65.4 cm³/mol. The van der Waals surface area contributed by atoms with Gasteiger partial charge in [0.2, 0.25) is 0 Å². The molecule has 0 aromatic rings. The molecule has 16 heavy (non-hydrogen) atoms. The molecule has 5 heteroatoms. The summed E-state index contributed by atoms with van der Waals surface area (Å²) < 4.78 is 22.3. The summed E-state index contributed by atoms with van der Waals surface area (Å²) in [6, 6.07) is 0. The van der Waals surface area contributed by atoms with E-state index in [1.807, 2.05) is 0 Å². The second kappa shape index (κ2) is 4.63. The zero-order chi connectivity index (χ0) is 11.6. The standard InChI is InChI=1S/C11H22N2O2S/c1-16(14,15)9-8-13-7-6-12-11(10-13)4-2-3-5-11/h12H,2-10H2,1H3. The van der Waals surface area contributed by atoms with Crippen molar-refractivity contribution in [1.82, 2.24) is 10.2 Å². The summed E-state index contributed by atoms with van der Waals surface area (Å²) in [7, 11) is -2.82. The van der Waals surface area contributed by atoms with Crippen LogP contribution in [-0.2, 0) is 9.84 Å². The summed E-state index contributed by atoms with van der Waals surface area (Å²) in [5, 5.41) is 3.63. The van der Waals surface area contributed by atoms with Gasteiger partial charge in [-0.15, -0.1) is 0 Å². The molecule has 1 spiro atoms. The van der Waals surface area contributed by atoms with Crippen LogP contribution in [0, 0.1) is 0 Å². The lowest BCUT2D eigenvalue weighted by Crippen LogP contribution is -2.59. The molecule has 1 saturated heterocycles. The maximum Gasteiger partial charge on any atom is 0.148 e. The number of piperazine rings is 1. The van der Waals surface area contributed by atoms with Crippen molar-refractivity contribution in [2.75, 3.05) is 38.2 Å². The van der Waals surface area contributed by atoms with E-state index in [1.165, 1.54) is 31.9 Å². The molecule has 0 amide bonds. The first-order valence-corrected chi connectivity index (χ1v) is 8.20. The van der Waals surface area contributed by atoms with E-state index >= 15 is 0 Å². The molecule has 1 heterocycles. The first kappa shape index (κ1) is 12.3. The fourth-order valence-corrected chi connectivity index (χ4v) is 3.50. The van der Waals surface area contributed by atoms with Gasteiger partial charge in [-0.25, -0.2) is 8.42 Å². The topological polar surface area (TPSA) is 49.4 Å². The van der Waals surface area contributed by atoms with Crippen LogP contribution in [0.25, 0.3) is 0 Å². The Kier molecular flexibility index (Phi) is 3.56. The van der Waals surface area contributed by atoms with Gasteiger partial charge in [0, 0.05) is 38.0 Å². The van der Waals surface area contributed by atoms with Gasteiger partial charge in [0.1, 0.15) is 9.84 Å². The van der Waals surface area contributed by atoms with Crippen LogP contribution in [0.3, 0.4) is 0 Å². The fourth-order valence-electron chi connectivity index (χ4n) is 2.91. The van der Waals surface area contributed by atoms with Crippen molar-refractivity contribution in [3.05, 3.63) is 0 Å². The monoisotopic (exact) mass is 246 g/mol. The second-order valence-electron chi connectivity index (χ2n) is 5.32. The lowest BCUT2D eigenvalue weighted by atomic mass is 9.95. The normalized spacial score (nSPS) is 26.3. The molecule has 1 saturated carbocycles. The third kappa shape index (κ3) is 3.18. The lowest BCUT2D eigenvalue weighted by molar-refractivity contribution is 0.141. The zero-order valence-electron chi connectivity index (χ0n) is 10.0. The van der Waals surface area contributed by atoms with E-state index in [0.717, 1.165) is 19.6 Å². The highest BCUT2D eigenvalue weighted by atomic mass is 32.2. The summed E-state index contributed by atoms with van der Waals surface area (Å²) in [5.41, 5.74) is 0.301. The van der Waals surface area contributed by atoms with Crippen LogP contribution in [0.1, 0.15) is 25.7 Å². The molecule has 2 fully saturated rings. The molecule has 0 aromatic carbocycles. The Morgan fingerprint density at radius 2 is 2.00 bits per heavy atom. The van der Waals surface area contributed by atoms with Crippen LogP contribution in [0.15, 0.2) is 0 Å². The number of sulfone groups is 1. The van der Waals surface area contributed by atoms with E-state index in [-0.39, 0.29) is 0 Å². The molecule has 0 bridgehead atoms. The molecule has 1 aliphatic heterocycles. The average molecular weight is 246 g/mol. The molecular weight excluding hydrogens is 224 g/mol. The minimum absolute atomic E-state index is 0.295. The summed E-state index contributed by atoms with van der Waals surface area (Å²) in [5.74, 6) is 0.295. The molecule has 4 nitrogen and oxygen atoms in total. The number of hydrogen-bond acceptors (Lipinski definition) is 4. The summed E-state index contributed by atoms with van der Waals surface area (Å²) in [6.45, 7) is 3.71. The SMILES string of the molecule is CS(=O)(=O)CCN1CCNC2(CCCC2)C1. The van der Waals surface area contributed by atoms with Crippen molar-refractivity contribution in [2.45, 2.75) is 31.2 Å². The first-order chi connectivity index (χ1) is 7.49. The van der Waals surface area contributed by atoms with Crippen LogP contribution in [-0.4, -0.2) is 57.0 Å². The third-order valence-corrected chi connectivity index (χ3v) is 4.72. The van der Waals surface area contributed by atoms with Crippen molar-refractivity contribution < 1.29 is 8.42 Å². The minimum atomic E-state index is -2.82. The van der Waals surface area contributed by atoms with Crippen LogP contribution in [0.4, 0.5) is 0 Å². The summed E-state index contributed by atoms with van der Waals surface area (Å²) >= 11 is 0. The molecule has 0 aromatic heterocycles. The van der Waals surface area contributed by atoms with E-state index in [4.69, 9.17) is 0 Å². The summed E-state index contributed by atoms with van der Waals surface area (Å²) in [4.78, 5) is 2.31. The Bertz CT molecular complexity index is 334. The van der Waals surface area contributed by atoms with Crippen LogP contribution in [0.2, 0.25) is 0 Å². The van der Waals surface area contributed by atoms with Crippen molar-refractivity contribution in [1.29, 1.82) is 0 Å². The Hall–Kier alpha value is -0.130. The third-order valence-electron chi connectivity index (χ3n) is 3.79. The van der Waals surface area contributed by atoms with Crippen LogP contribution < -0.4 is 5.32 Å². The van der Waals surface area contributed by atoms with Crippen LogP contribution in [0.5, 0.6) is 0 Å². The molecule has 1 N–H and O–H groups in total. The Labute approximate surface area is 98.3 Å². The van der Waals surface area contributed by atoms with Gasteiger partial charge in [0.25, 0.3) is 0 Å². The highest BCUT2D eigenvalue weighted by molar-refractivity contribution is 7.90. The molecule has 2 aliphatic rings.